The first-order chi connectivity index (χ1) is 10.6. The van der Waals surface area contributed by atoms with Crippen LogP contribution < -0.4 is 10.6 Å². The molecule has 0 saturated heterocycles. The predicted molar refractivity (Wildman–Crippen MR) is 96.6 cm³/mol. The highest BCUT2D eigenvalue weighted by Gasteiger charge is 2.03. The lowest BCUT2D eigenvalue weighted by Crippen LogP contribution is -2.31. The van der Waals surface area contributed by atoms with E-state index in [0.717, 1.165) is 12.1 Å². The van der Waals surface area contributed by atoms with Gasteiger partial charge in [-0.05, 0) is 42.3 Å². The first-order valence-corrected chi connectivity index (χ1v) is 8.20. The number of anilines is 1. The largest absolute Gasteiger partial charge is 0.361 e. The summed E-state index contributed by atoms with van der Waals surface area (Å²) in [6.07, 6.45) is 4.55. The molecule has 0 amide bonds. The van der Waals surface area contributed by atoms with Crippen LogP contribution in [0, 0.1) is 0 Å². The Labute approximate surface area is 141 Å². The zero-order valence-corrected chi connectivity index (χ0v) is 14.4. The molecular weight excluding hydrogens is 316 g/mol. The molecule has 1 aromatic heterocycles. The fourth-order valence-corrected chi connectivity index (χ4v) is 2.43. The molecule has 2 N–H and O–H groups in total. The molecule has 0 aliphatic heterocycles. The van der Waals surface area contributed by atoms with Crippen molar-refractivity contribution in [2.75, 3.05) is 11.9 Å². The molecule has 0 saturated carbocycles. The van der Waals surface area contributed by atoms with Crippen molar-refractivity contribution in [1.29, 1.82) is 0 Å². The lowest BCUT2D eigenvalue weighted by atomic mass is 9.99. The van der Waals surface area contributed by atoms with E-state index in [9.17, 15) is 0 Å². The van der Waals surface area contributed by atoms with Crippen LogP contribution in [-0.2, 0) is 6.54 Å². The number of hydrogen-bond acceptors (Lipinski definition) is 2. The SMILES string of the molecule is CC[C@H](C)c1ccc(NC(=S)NCCn2cc(Cl)cn2)cc1. The van der Waals surface area contributed by atoms with Crippen LogP contribution in [0.15, 0.2) is 36.7 Å². The third-order valence-electron chi connectivity index (χ3n) is 3.58. The second-order valence-corrected chi connectivity index (χ2v) is 6.08. The lowest BCUT2D eigenvalue weighted by Gasteiger charge is -2.13. The molecule has 118 valence electrons. The van der Waals surface area contributed by atoms with E-state index < -0.39 is 0 Å². The number of nitrogens with one attached hydrogen (secondary N) is 2. The summed E-state index contributed by atoms with van der Waals surface area (Å²) in [7, 11) is 0. The molecule has 6 heteroatoms. The molecule has 0 bridgehead atoms. The molecule has 0 fully saturated rings. The van der Waals surface area contributed by atoms with Gasteiger partial charge in [0.2, 0.25) is 0 Å². The van der Waals surface area contributed by atoms with Crippen LogP contribution in [0.4, 0.5) is 5.69 Å². The maximum atomic E-state index is 5.81. The molecule has 0 spiro atoms. The van der Waals surface area contributed by atoms with E-state index in [2.05, 4.69) is 53.8 Å². The van der Waals surface area contributed by atoms with Crippen LogP contribution in [0.3, 0.4) is 0 Å². The molecule has 2 rings (SSSR count). The Morgan fingerprint density at radius 1 is 1.36 bits per heavy atom. The highest BCUT2D eigenvalue weighted by Crippen LogP contribution is 2.20. The molecule has 0 unspecified atom stereocenters. The highest BCUT2D eigenvalue weighted by molar-refractivity contribution is 7.80. The van der Waals surface area contributed by atoms with Crippen molar-refractivity contribution in [1.82, 2.24) is 15.1 Å². The number of benzene rings is 1. The van der Waals surface area contributed by atoms with Gasteiger partial charge in [0.15, 0.2) is 5.11 Å². The fraction of sp³-hybridized carbons (Fsp3) is 0.375. The average molecular weight is 337 g/mol. The topological polar surface area (TPSA) is 41.9 Å². The Morgan fingerprint density at radius 3 is 2.68 bits per heavy atom. The van der Waals surface area contributed by atoms with Gasteiger partial charge >= 0.3 is 0 Å². The minimum absolute atomic E-state index is 0.583. The van der Waals surface area contributed by atoms with Crippen LogP contribution in [0.25, 0.3) is 0 Å². The number of aromatic nitrogens is 2. The monoisotopic (exact) mass is 336 g/mol. The molecular formula is C16H21ClN4S. The van der Waals surface area contributed by atoms with Gasteiger partial charge in [0.05, 0.1) is 17.8 Å². The van der Waals surface area contributed by atoms with E-state index in [1.807, 2.05) is 0 Å². The van der Waals surface area contributed by atoms with Crippen LogP contribution in [0.2, 0.25) is 5.02 Å². The van der Waals surface area contributed by atoms with Crippen LogP contribution in [-0.4, -0.2) is 21.4 Å². The molecule has 2 aromatic rings. The highest BCUT2D eigenvalue weighted by atomic mass is 35.5. The van der Waals surface area contributed by atoms with Crippen molar-refractivity contribution in [3.8, 4) is 0 Å². The van der Waals surface area contributed by atoms with E-state index >= 15 is 0 Å². The fourth-order valence-electron chi connectivity index (χ4n) is 2.05. The summed E-state index contributed by atoms with van der Waals surface area (Å²) >= 11 is 11.1. The van der Waals surface area contributed by atoms with E-state index in [1.165, 1.54) is 5.56 Å². The summed E-state index contributed by atoms with van der Waals surface area (Å²) in [4.78, 5) is 0. The van der Waals surface area contributed by atoms with Crippen molar-refractivity contribution < 1.29 is 0 Å². The van der Waals surface area contributed by atoms with Gasteiger partial charge < -0.3 is 10.6 Å². The molecule has 0 aliphatic rings. The minimum atomic E-state index is 0.583. The van der Waals surface area contributed by atoms with Crippen LogP contribution >= 0.6 is 23.8 Å². The molecule has 1 aromatic carbocycles. The Balaban J connectivity index is 1.76. The van der Waals surface area contributed by atoms with Gasteiger partial charge in [0, 0.05) is 18.4 Å². The molecule has 22 heavy (non-hydrogen) atoms. The summed E-state index contributed by atoms with van der Waals surface area (Å²) in [6, 6.07) is 8.40. The minimum Gasteiger partial charge on any atom is -0.361 e. The number of rotatable bonds is 6. The van der Waals surface area contributed by atoms with Crippen molar-refractivity contribution >= 4 is 34.6 Å². The van der Waals surface area contributed by atoms with Crippen molar-refractivity contribution in [2.24, 2.45) is 0 Å². The smallest absolute Gasteiger partial charge is 0.170 e. The Kier molecular flexibility index (Phi) is 6.21. The summed E-state index contributed by atoms with van der Waals surface area (Å²) < 4.78 is 1.78. The maximum Gasteiger partial charge on any atom is 0.170 e. The summed E-state index contributed by atoms with van der Waals surface area (Å²) in [5.74, 6) is 0.583. The third kappa shape index (κ3) is 5.00. The lowest BCUT2D eigenvalue weighted by molar-refractivity contribution is 0.604. The number of thiocarbonyl (C=S) groups is 1. The van der Waals surface area contributed by atoms with E-state index in [1.54, 1.807) is 17.1 Å². The van der Waals surface area contributed by atoms with Gasteiger partial charge in [0.1, 0.15) is 0 Å². The standard InChI is InChI=1S/C16H21ClN4S/c1-3-12(2)13-4-6-15(7-5-13)20-16(22)18-8-9-21-11-14(17)10-19-21/h4-7,10-12H,3,8-9H2,1-2H3,(H2,18,20,22)/t12-/m0/s1. The van der Waals surface area contributed by atoms with Crippen molar-refractivity contribution in [3.05, 3.63) is 47.2 Å². The molecule has 1 atom stereocenters. The summed E-state index contributed by atoms with van der Waals surface area (Å²) in [5.41, 5.74) is 2.34. The second-order valence-electron chi connectivity index (χ2n) is 5.23. The average Bonchev–Trinajstić information content (AvgIpc) is 2.92. The predicted octanol–water partition coefficient (Wildman–Crippen LogP) is 4.04. The van der Waals surface area contributed by atoms with Gasteiger partial charge in [-0.3, -0.25) is 4.68 Å². The van der Waals surface area contributed by atoms with Gasteiger partial charge in [-0.1, -0.05) is 37.6 Å². The van der Waals surface area contributed by atoms with Crippen LogP contribution in [0.1, 0.15) is 31.7 Å². The van der Waals surface area contributed by atoms with E-state index in [4.69, 9.17) is 23.8 Å². The Hall–Kier alpha value is -1.59. The van der Waals surface area contributed by atoms with Gasteiger partial charge in [-0.15, -0.1) is 0 Å². The van der Waals surface area contributed by atoms with Gasteiger partial charge in [0.25, 0.3) is 0 Å². The van der Waals surface area contributed by atoms with Crippen molar-refractivity contribution in [3.63, 3.8) is 0 Å². The quantitative estimate of drug-likeness (QED) is 0.781. The van der Waals surface area contributed by atoms with Gasteiger partial charge in [-0.2, -0.15) is 5.10 Å². The van der Waals surface area contributed by atoms with Crippen LogP contribution in [0.5, 0.6) is 0 Å². The molecule has 0 radical (unpaired) electrons. The second kappa shape index (κ2) is 8.15. The first-order valence-electron chi connectivity index (χ1n) is 7.41. The number of nitrogens with zero attached hydrogens (tertiary/aromatic N) is 2. The molecule has 0 aliphatic carbocycles. The molecule has 1 heterocycles. The third-order valence-corrected chi connectivity index (χ3v) is 4.02. The first kappa shape index (κ1) is 16.8. The summed E-state index contributed by atoms with van der Waals surface area (Å²) in [5, 5.41) is 11.7. The summed E-state index contributed by atoms with van der Waals surface area (Å²) in [6.45, 7) is 5.83. The van der Waals surface area contributed by atoms with E-state index in [0.29, 0.717) is 29.1 Å². The molecule has 4 nitrogen and oxygen atoms in total. The zero-order valence-electron chi connectivity index (χ0n) is 12.8. The van der Waals surface area contributed by atoms with Crippen molar-refractivity contribution in [2.45, 2.75) is 32.7 Å². The number of halogens is 1. The Morgan fingerprint density at radius 2 is 2.09 bits per heavy atom. The van der Waals surface area contributed by atoms with E-state index in [-0.39, 0.29) is 0 Å². The van der Waals surface area contributed by atoms with Gasteiger partial charge in [-0.25, -0.2) is 0 Å². The normalized spacial score (nSPS) is 12.0. The Bertz CT molecular complexity index is 609. The zero-order chi connectivity index (χ0) is 15.9. The number of hydrogen-bond donors (Lipinski definition) is 2. The maximum absolute atomic E-state index is 5.81.